The average Bonchev–Trinajstić information content (AvgIpc) is 3.19. The average molecular weight is 466 g/mol. The third kappa shape index (κ3) is 6.42. The lowest BCUT2D eigenvalue weighted by atomic mass is 10.0. The van der Waals surface area contributed by atoms with Crippen molar-refractivity contribution in [1.29, 1.82) is 0 Å². The monoisotopic (exact) mass is 465 g/mol. The molecule has 1 heterocycles. The molecule has 1 fully saturated rings. The van der Waals surface area contributed by atoms with Gasteiger partial charge in [-0.3, -0.25) is 4.90 Å². The first-order valence-electron chi connectivity index (χ1n) is 11.6. The Hall–Kier alpha value is -2.77. The van der Waals surface area contributed by atoms with Gasteiger partial charge in [0.15, 0.2) is 5.79 Å². The summed E-state index contributed by atoms with van der Waals surface area (Å²) in [5.74, 6) is -0.648. The van der Waals surface area contributed by atoms with E-state index in [2.05, 4.69) is 29.2 Å². The van der Waals surface area contributed by atoms with Crippen molar-refractivity contribution in [3.63, 3.8) is 0 Å². The smallest absolute Gasteiger partial charge is 0.163 e. The van der Waals surface area contributed by atoms with Gasteiger partial charge >= 0.3 is 0 Å². The summed E-state index contributed by atoms with van der Waals surface area (Å²) in [5.41, 5.74) is 2.98. The predicted molar refractivity (Wildman–Crippen MR) is 129 cm³/mol. The summed E-state index contributed by atoms with van der Waals surface area (Å²) < 4.78 is 31.7. The molecule has 1 saturated heterocycles. The molecule has 0 spiro atoms. The van der Waals surface area contributed by atoms with Crippen LogP contribution in [0.25, 0.3) is 0 Å². The zero-order chi connectivity index (χ0) is 24.0. The van der Waals surface area contributed by atoms with Gasteiger partial charge in [-0.05, 0) is 31.0 Å². The second-order valence-corrected chi connectivity index (χ2v) is 9.02. The number of hydrogen-bond donors (Lipinski definition) is 1. The minimum atomic E-state index is -0.658. The van der Waals surface area contributed by atoms with Crippen LogP contribution in [0.2, 0.25) is 0 Å². The summed E-state index contributed by atoms with van der Waals surface area (Å²) >= 11 is 0. The molecule has 6 heteroatoms. The lowest BCUT2D eigenvalue weighted by Gasteiger charge is -2.32. The van der Waals surface area contributed by atoms with Gasteiger partial charge < -0.3 is 19.3 Å². The van der Waals surface area contributed by atoms with Crippen LogP contribution >= 0.6 is 0 Å². The molecule has 3 aromatic rings. The fourth-order valence-electron chi connectivity index (χ4n) is 4.26. The Bertz CT molecular complexity index is 1000. The summed E-state index contributed by atoms with van der Waals surface area (Å²) in [6, 6.07) is 24.3. The highest BCUT2D eigenvalue weighted by molar-refractivity contribution is 5.37. The van der Waals surface area contributed by atoms with Crippen LogP contribution in [0.4, 0.5) is 4.39 Å². The van der Waals surface area contributed by atoms with Crippen LogP contribution in [-0.4, -0.2) is 41.7 Å². The molecule has 0 saturated carbocycles. The van der Waals surface area contributed by atoms with E-state index in [1.807, 2.05) is 50.2 Å². The Morgan fingerprint density at radius 3 is 2.15 bits per heavy atom. The van der Waals surface area contributed by atoms with Crippen LogP contribution in [0.15, 0.2) is 78.9 Å². The molecule has 0 amide bonds. The van der Waals surface area contributed by atoms with E-state index in [1.165, 1.54) is 12.1 Å². The van der Waals surface area contributed by atoms with E-state index >= 15 is 0 Å². The number of hydrogen-bond acceptors (Lipinski definition) is 5. The number of nitrogens with zero attached hydrogens (tertiary/aromatic N) is 1. The summed E-state index contributed by atoms with van der Waals surface area (Å²) in [6.45, 7) is 5.44. The Balaban J connectivity index is 1.60. The molecule has 2 atom stereocenters. The maximum Gasteiger partial charge on any atom is 0.163 e. The first-order valence-corrected chi connectivity index (χ1v) is 11.6. The molecule has 0 aromatic heterocycles. The third-order valence-electron chi connectivity index (χ3n) is 5.90. The van der Waals surface area contributed by atoms with E-state index in [-0.39, 0.29) is 19.3 Å². The summed E-state index contributed by atoms with van der Waals surface area (Å²) in [5, 5.41) is 10.5. The normalized spacial score (nSPS) is 18.2. The molecule has 3 aromatic carbocycles. The predicted octanol–water partition coefficient (Wildman–Crippen LogP) is 5.09. The van der Waals surface area contributed by atoms with Crippen molar-refractivity contribution in [3.8, 4) is 5.75 Å². The molecule has 4 rings (SSSR count). The van der Waals surface area contributed by atoms with Gasteiger partial charge in [0.2, 0.25) is 0 Å². The van der Waals surface area contributed by atoms with Crippen molar-refractivity contribution in [1.82, 2.24) is 4.90 Å². The zero-order valence-electron chi connectivity index (χ0n) is 19.7. The SMILES string of the molecule is CC1(C)OC[C@H](COc2cc(F)ccc2[C@@H](CO)N(Cc2ccccc2)Cc2ccccc2)O1. The lowest BCUT2D eigenvalue weighted by Crippen LogP contribution is -2.31. The van der Waals surface area contributed by atoms with Crippen LogP contribution in [0.1, 0.15) is 36.6 Å². The third-order valence-corrected chi connectivity index (χ3v) is 5.90. The Morgan fingerprint density at radius 2 is 1.62 bits per heavy atom. The topological polar surface area (TPSA) is 51.2 Å². The van der Waals surface area contributed by atoms with Gasteiger partial charge in [-0.2, -0.15) is 0 Å². The van der Waals surface area contributed by atoms with E-state index in [9.17, 15) is 9.50 Å². The Kier molecular flexibility index (Phi) is 7.95. The first-order chi connectivity index (χ1) is 16.4. The molecule has 180 valence electrons. The summed E-state index contributed by atoms with van der Waals surface area (Å²) in [6.07, 6.45) is -0.247. The molecule has 1 N–H and O–H groups in total. The summed E-state index contributed by atoms with van der Waals surface area (Å²) in [7, 11) is 0. The van der Waals surface area contributed by atoms with Crippen molar-refractivity contribution in [2.75, 3.05) is 19.8 Å². The van der Waals surface area contributed by atoms with Gasteiger partial charge in [0, 0.05) is 24.7 Å². The fraction of sp³-hybridized carbons (Fsp3) is 0.357. The highest BCUT2D eigenvalue weighted by Gasteiger charge is 2.33. The highest BCUT2D eigenvalue weighted by atomic mass is 19.1. The van der Waals surface area contributed by atoms with Crippen LogP contribution in [0.3, 0.4) is 0 Å². The molecule has 34 heavy (non-hydrogen) atoms. The van der Waals surface area contributed by atoms with Crippen LogP contribution < -0.4 is 4.74 Å². The second kappa shape index (κ2) is 11.1. The maximum atomic E-state index is 14.2. The van der Waals surface area contributed by atoms with E-state index in [4.69, 9.17) is 14.2 Å². The van der Waals surface area contributed by atoms with Crippen molar-refractivity contribution in [2.45, 2.75) is 44.9 Å². The van der Waals surface area contributed by atoms with Crippen molar-refractivity contribution in [2.24, 2.45) is 0 Å². The van der Waals surface area contributed by atoms with Gasteiger partial charge in [0.05, 0.1) is 19.3 Å². The van der Waals surface area contributed by atoms with Crippen LogP contribution in [0.5, 0.6) is 5.75 Å². The van der Waals surface area contributed by atoms with E-state index in [0.29, 0.717) is 25.4 Å². The minimum absolute atomic E-state index is 0.141. The maximum absolute atomic E-state index is 14.2. The zero-order valence-corrected chi connectivity index (χ0v) is 19.7. The number of aliphatic hydroxyl groups is 1. The number of aliphatic hydroxyl groups excluding tert-OH is 1. The van der Waals surface area contributed by atoms with Crippen molar-refractivity contribution >= 4 is 0 Å². The van der Waals surface area contributed by atoms with E-state index in [1.54, 1.807) is 6.07 Å². The molecule has 0 aliphatic carbocycles. The van der Waals surface area contributed by atoms with Crippen LogP contribution in [0, 0.1) is 5.82 Å². The van der Waals surface area contributed by atoms with Gasteiger partial charge in [0.25, 0.3) is 0 Å². The first kappa shape index (κ1) is 24.4. The Labute approximate surface area is 200 Å². The minimum Gasteiger partial charge on any atom is -0.490 e. The quantitative estimate of drug-likeness (QED) is 0.452. The molecule has 0 radical (unpaired) electrons. The number of halogens is 1. The molecule has 0 unspecified atom stereocenters. The van der Waals surface area contributed by atoms with Crippen molar-refractivity contribution in [3.05, 3.63) is 101 Å². The van der Waals surface area contributed by atoms with Crippen molar-refractivity contribution < 1.29 is 23.7 Å². The Morgan fingerprint density at radius 1 is 1.00 bits per heavy atom. The van der Waals surface area contributed by atoms with Gasteiger partial charge in [-0.1, -0.05) is 66.7 Å². The number of benzene rings is 3. The molecule has 5 nitrogen and oxygen atoms in total. The van der Waals surface area contributed by atoms with Gasteiger partial charge in [-0.15, -0.1) is 0 Å². The molecular weight excluding hydrogens is 433 g/mol. The standard InChI is InChI=1S/C28H32FNO4/c1-28(2)33-20-24(34-28)19-32-27-15-23(29)13-14-25(27)26(18-31)30(16-21-9-5-3-6-10-21)17-22-11-7-4-8-12-22/h3-15,24,26,31H,16-20H2,1-2H3/t24-,26+/m0/s1. The van der Waals surface area contributed by atoms with E-state index in [0.717, 1.165) is 16.7 Å². The lowest BCUT2D eigenvalue weighted by molar-refractivity contribution is -0.141. The van der Waals surface area contributed by atoms with Crippen LogP contribution in [-0.2, 0) is 22.6 Å². The largest absolute Gasteiger partial charge is 0.490 e. The fourth-order valence-corrected chi connectivity index (χ4v) is 4.26. The van der Waals surface area contributed by atoms with E-state index < -0.39 is 17.6 Å². The number of ether oxygens (including phenoxy) is 3. The highest BCUT2D eigenvalue weighted by Crippen LogP contribution is 2.33. The van der Waals surface area contributed by atoms with Gasteiger partial charge in [0.1, 0.15) is 24.3 Å². The molecule has 1 aliphatic heterocycles. The number of rotatable bonds is 10. The van der Waals surface area contributed by atoms with Gasteiger partial charge in [-0.25, -0.2) is 4.39 Å². The summed E-state index contributed by atoms with van der Waals surface area (Å²) in [4.78, 5) is 2.18. The second-order valence-electron chi connectivity index (χ2n) is 9.02. The molecule has 0 bridgehead atoms. The molecule has 1 aliphatic rings. The molecular formula is C28H32FNO4.